The first-order chi connectivity index (χ1) is 8.68. The first kappa shape index (κ1) is 13.5. The molecular formula is C15H23NO2. The summed E-state index contributed by atoms with van der Waals surface area (Å²) in [6, 6.07) is 9.90. The average molecular weight is 249 g/mol. The predicted octanol–water partition coefficient (Wildman–Crippen LogP) is 1.96. The van der Waals surface area contributed by atoms with Gasteiger partial charge in [0.2, 0.25) is 0 Å². The molecule has 0 bridgehead atoms. The Bertz CT molecular complexity index is 355. The molecule has 0 heterocycles. The highest BCUT2D eigenvalue weighted by molar-refractivity contribution is 5.17. The van der Waals surface area contributed by atoms with E-state index >= 15 is 0 Å². The number of likely N-dealkylation sites (N-methyl/N-ethyl adjacent to an activating group) is 1. The lowest BCUT2D eigenvalue weighted by Gasteiger charge is -2.36. The molecule has 3 nitrogen and oxygen atoms in total. The molecule has 1 fully saturated rings. The molecule has 3 unspecified atom stereocenters. The minimum absolute atomic E-state index is 0.192. The van der Waals surface area contributed by atoms with Gasteiger partial charge in [0, 0.05) is 12.6 Å². The van der Waals surface area contributed by atoms with Crippen LogP contribution in [0.25, 0.3) is 0 Å². The van der Waals surface area contributed by atoms with E-state index in [0.29, 0.717) is 6.54 Å². The van der Waals surface area contributed by atoms with E-state index in [1.54, 1.807) is 0 Å². The van der Waals surface area contributed by atoms with E-state index in [1.807, 2.05) is 37.4 Å². The fourth-order valence-electron chi connectivity index (χ4n) is 2.79. The Kier molecular flexibility index (Phi) is 4.75. The van der Waals surface area contributed by atoms with Crippen molar-refractivity contribution in [2.45, 2.75) is 43.9 Å². The summed E-state index contributed by atoms with van der Waals surface area (Å²) < 4.78 is 0. The van der Waals surface area contributed by atoms with Crippen molar-refractivity contribution >= 4 is 0 Å². The SMILES string of the molecule is CN(CC(O)c1ccccc1)C1CCCCC1O. The number of rotatable bonds is 4. The summed E-state index contributed by atoms with van der Waals surface area (Å²) in [5, 5.41) is 20.2. The van der Waals surface area contributed by atoms with Gasteiger partial charge in [-0.1, -0.05) is 43.2 Å². The standard InChI is InChI=1S/C15H23NO2/c1-16(13-9-5-6-10-14(13)17)11-15(18)12-7-3-2-4-8-12/h2-4,7-8,13-15,17-18H,5-6,9-11H2,1H3. The summed E-state index contributed by atoms with van der Waals surface area (Å²) in [5.74, 6) is 0. The van der Waals surface area contributed by atoms with E-state index in [0.717, 1.165) is 24.8 Å². The maximum atomic E-state index is 10.2. The zero-order valence-electron chi connectivity index (χ0n) is 11.0. The van der Waals surface area contributed by atoms with E-state index in [-0.39, 0.29) is 12.1 Å². The molecule has 0 spiro atoms. The molecule has 100 valence electrons. The van der Waals surface area contributed by atoms with Gasteiger partial charge in [0.25, 0.3) is 0 Å². The fraction of sp³-hybridized carbons (Fsp3) is 0.600. The maximum absolute atomic E-state index is 10.2. The van der Waals surface area contributed by atoms with Crippen LogP contribution < -0.4 is 0 Å². The highest BCUT2D eigenvalue weighted by atomic mass is 16.3. The Balaban J connectivity index is 1.92. The van der Waals surface area contributed by atoms with Crippen molar-refractivity contribution < 1.29 is 10.2 Å². The van der Waals surface area contributed by atoms with Crippen LogP contribution in [-0.4, -0.2) is 40.9 Å². The molecule has 18 heavy (non-hydrogen) atoms. The van der Waals surface area contributed by atoms with E-state index in [9.17, 15) is 10.2 Å². The molecule has 3 heteroatoms. The number of aliphatic hydroxyl groups excluding tert-OH is 2. The molecule has 2 rings (SSSR count). The number of benzene rings is 1. The second-order valence-electron chi connectivity index (χ2n) is 5.29. The molecule has 2 N–H and O–H groups in total. The Labute approximate surface area is 109 Å². The zero-order chi connectivity index (χ0) is 13.0. The van der Waals surface area contributed by atoms with Crippen molar-refractivity contribution in [2.75, 3.05) is 13.6 Å². The third-order valence-corrected chi connectivity index (χ3v) is 3.91. The third-order valence-electron chi connectivity index (χ3n) is 3.91. The van der Waals surface area contributed by atoms with Crippen LogP contribution in [0.2, 0.25) is 0 Å². The molecule has 1 aliphatic rings. The van der Waals surface area contributed by atoms with Crippen molar-refractivity contribution in [1.29, 1.82) is 0 Å². The van der Waals surface area contributed by atoms with Gasteiger partial charge >= 0.3 is 0 Å². The van der Waals surface area contributed by atoms with E-state index < -0.39 is 6.10 Å². The Morgan fingerprint density at radius 2 is 1.89 bits per heavy atom. The van der Waals surface area contributed by atoms with Crippen LogP contribution >= 0.6 is 0 Å². The topological polar surface area (TPSA) is 43.7 Å². The van der Waals surface area contributed by atoms with Crippen molar-refractivity contribution in [2.24, 2.45) is 0 Å². The van der Waals surface area contributed by atoms with Gasteiger partial charge in [-0.05, 0) is 25.5 Å². The minimum atomic E-state index is -0.481. The van der Waals surface area contributed by atoms with Gasteiger partial charge < -0.3 is 10.2 Å². The van der Waals surface area contributed by atoms with Gasteiger partial charge in [-0.25, -0.2) is 0 Å². The normalized spacial score (nSPS) is 26.2. The van der Waals surface area contributed by atoms with Gasteiger partial charge in [-0.3, -0.25) is 4.90 Å². The smallest absolute Gasteiger partial charge is 0.0916 e. The second-order valence-corrected chi connectivity index (χ2v) is 5.29. The summed E-state index contributed by atoms with van der Waals surface area (Å²) in [4.78, 5) is 2.10. The summed E-state index contributed by atoms with van der Waals surface area (Å²) in [6.07, 6.45) is 3.48. The van der Waals surface area contributed by atoms with Gasteiger partial charge in [0.15, 0.2) is 0 Å². The van der Waals surface area contributed by atoms with Crippen LogP contribution in [0.4, 0.5) is 0 Å². The number of hydrogen-bond acceptors (Lipinski definition) is 3. The third kappa shape index (κ3) is 3.31. The van der Waals surface area contributed by atoms with Crippen LogP contribution in [0.1, 0.15) is 37.4 Å². The van der Waals surface area contributed by atoms with E-state index in [2.05, 4.69) is 4.90 Å². The lowest BCUT2D eigenvalue weighted by Crippen LogP contribution is -2.44. The number of nitrogens with zero attached hydrogens (tertiary/aromatic N) is 1. The lowest BCUT2D eigenvalue weighted by molar-refractivity contribution is 0.0109. The monoisotopic (exact) mass is 249 g/mol. The predicted molar refractivity (Wildman–Crippen MR) is 72.3 cm³/mol. The van der Waals surface area contributed by atoms with Crippen LogP contribution in [-0.2, 0) is 0 Å². The lowest BCUT2D eigenvalue weighted by atomic mass is 9.91. The first-order valence-corrected chi connectivity index (χ1v) is 6.80. The van der Waals surface area contributed by atoms with Crippen molar-refractivity contribution in [3.05, 3.63) is 35.9 Å². The van der Waals surface area contributed by atoms with Crippen LogP contribution in [0, 0.1) is 0 Å². The van der Waals surface area contributed by atoms with E-state index in [4.69, 9.17) is 0 Å². The maximum Gasteiger partial charge on any atom is 0.0916 e. The van der Waals surface area contributed by atoms with Crippen molar-refractivity contribution in [3.8, 4) is 0 Å². The molecule has 0 saturated heterocycles. The number of aliphatic hydroxyl groups is 2. The Morgan fingerprint density at radius 1 is 1.22 bits per heavy atom. The van der Waals surface area contributed by atoms with Gasteiger partial charge in [-0.2, -0.15) is 0 Å². The molecule has 1 aliphatic carbocycles. The molecular weight excluding hydrogens is 226 g/mol. The van der Waals surface area contributed by atoms with Gasteiger partial charge in [0.05, 0.1) is 12.2 Å². The van der Waals surface area contributed by atoms with Gasteiger partial charge in [-0.15, -0.1) is 0 Å². The quantitative estimate of drug-likeness (QED) is 0.857. The summed E-state index contributed by atoms with van der Waals surface area (Å²) in [6.45, 7) is 0.575. The average Bonchev–Trinajstić information content (AvgIpc) is 2.40. The zero-order valence-corrected chi connectivity index (χ0v) is 11.0. The molecule has 0 aromatic heterocycles. The van der Waals surface area contributed by atoms with E-state index in [1.165, 1.54) is 6.42 Å². The molecule has 0 amide bonds. The highest BCUT2D eigenvalue weighted by Crippen LogP contribution is 2.24. The summed E-state index contributed by atoms with van der Waals surface area (Å²) in [7, 11) is 1.99. The molecule has 1 aromatic carbocycles. The molecule has 1 aromatic rings. The largest absolute Gasteiger partial charge is 0.391 e. The molecule has 1 saturated carbocycles. The van der Waals surface area contributed by atoms with Crippen LogP contribution in [0.15, 0.2) is 30.3 Å². The second kappa shape index (κ2) is 6.32. The highest BCUT2D eigenvalue weighted by Gasteiger charge is 2.27. The summed E-state index contributed by atoms with van der Waals surface area (Å²) >= 11 is 0. The number of hydrogen-bond donors (Lipinski definition) is 2. The Morgan fingerprint density at radius 3 is 2.56 bits per heavy atom. The van der Waals surface area contributed by atoms with Crippen LogP contribution in [0.3, 0.4) is 0 Å². The summed E-state index contributed by atoms with van der Waals surface area (Å²) in [5.41, 5.74) is 0.939. The minimum Gasteiger partial charge on any atom is -0.391 e. The van der Waals surface area contributed by atoms with Crippen LogP contribution in [0.5, 0.6) is 0 Å². The fourth-order valence-corrected chi connectivity index (χ4v) is 2.79. The van der Waals surface area contributed by atoms with Crippen molar-refractivity contribution in [3.63, 3.8) is 0 Å². The molecule has 0 radical (unpaired) electrons. The molecule has 3 atom stereocenters. The first-order valence-electron chi connectivity index (χ1n) is 6.80. The molecule has 0 aliphatic heterocycles. The van der Waals surface area contributed by atoms with Gasteiger partial charge in [0.1, 0.15) is 0 Å². The van der Waals surface area contributed by atoms with Crippen molar-refractivity contribution in [1.82, 2.24) is 4.90 Å². The Hall–Kier alpha value is -0.900.